The zero-order valence-corrected chi connectivity index (χ0v) is 11.6. The Morgan fingerprint density at radius 2 is 1.86 bits per heavy atom. The molecular weight excluding hydrogens is 264 g/mol. The zero-order chi connectivity index (χ0) is 14.9. The van der Waals surface area contributed by atoms with Gasteiger partial charge in [0.05, 0.1) is 0 Å². The van der Waals surface area contributed by atoms with Gasteiger partial charge >= 0.3 is 6.21 Å². The summed E-state index contributed by atoms with van der Waals surface area (Å²) in [6.45, 7) is 2.01. The number of hydrogen-bond acceptors (Lipinski definition) is 2. The van der Waals surface area contributed by atoms with E-state index in [1.807, 2.05) is 61.5 Å². The number of rotatable bonds is 4. The second-order valence-corrected chi connectivity index (χ2v) is 5.12. The van der Waals surface area contributed by atoms with Crippen molar-refractivity contribution in [2.75, 3.05) is 0 Å². The Labute approximate surface area is 122 Å². The molecule has 0 spiro atoms. The summed E-state index contributed by atoms with van der Waals surface area (Å²) in [6.07, 6.45) is 0.548. The van der Waals surface area contributed by atoms with Gasteiger partial charge in [-0.3, -0.25) is 4.79 Å². The molecule has 0 radical (unpaired) electrons. The molecule has 2 atom stereocenters. The highest BCUT2D eigenvalue weighted by atomic mass is 16.6. The SMILES string of the molecule is Cc1ccc([C@H]2O[C@]2(C(=O)C=[N+]=[N-])c2ccccc2)cc1. The largest absolute Gasteiger partial charge is 0.361 e. The van der Waals surface area contributed by atoms with Crippen LogP contribution in [0.4, 0.5) is 0 Å². The number of aryl methyl sites for hydroxylation is 1. The summed E-state index contributed by atoms with van der Waals surface area (Å²) in [7, 11) is 0. The van der Waals surface area contributed by atoms with Crippen LogP contribution in [0.1, 0.15) is 22.8 Å². The van der Waals surface area contributed by atoms with Crippen molar-refractivity contribution in [2.24, 2.45) is 0 Å². The predicted octanol–water partition coefficient (Wildman–Crippen LogP) is 2.83. The van der Waals surface area contributed by atoms with Crippen LogP contribution in [0.15, 0.2) is 54.6 Å². The average molecular weight is 278 g/mol. The van der Waals surface area contributed by atoms with Crippen LogP contribution in [0.25, 0.3) is 5.53 Å². The third-order valence-corrected chi connectivity index (χ3v) is 3.74. The number of benzene rings is 2. The van der Waals surface area contributed by atoms with E-state index in [0.717, 1.165) is 22.9 Å². The minimum absolute atomic E-state index is 0.356. The fourth-order valence-corrected chi connectivity index (χ4v) is 2.58. The van der Waals surface area contributed by atoms with Crippen LogP contribution in [0, 0.1) is 6.92 Å². The fraction of sp³-hybridized carbons (Fsp3) is 0.176. The third-order valence-electron chi connectivity index (χ3n) is 3.74. The van der Waals surface area contributed by atoms with Crippen LogP contribution in [0.2, 0.25) is 0 Å². The molecule has 21 heavy (non-hydrogen) atoms. The molecule has 1 aliphatic rings. The molecule has 3 rings (SSSR count). The molecule has 0 saturated carbocycles. The molecule has 1 fully saturated rings. The number of carbonyl (C=O) groups is 1. The molecule has 4 heteroatoms. The number of nitrogens with zero attached hydrogens (tertiary/aromatic N) is 2. The molecule has 4 nitrogen and oxygen atoms in total. The van der Waals surface area contributed by atoms with Gasteiger partial charge in [0.2, 0.25) is 0 Å². The molecule has 1 heterocycles. The summed E-state index contributed by atoms with van der Waals surface area (Å²) >= 11 is 0. The number of carbonyl (C=O) groups excluding carboxylic acids is 1. The van der Waals surface area contributed by atoms with E-state index in [1.54, 1.807) is 0 Å². The lowest BCUT2D eigenvalue weighted by Gasteiger charge is -2.08. The standard InChI is InChI=1S/C17H14N2O2/c1-12-7-9-13(10-8-12)16-17(21-16,15(20)11-19-18)14-5-3-2-4-6-14/h2-11,16H,1H3/t16-,17+/m1/s1. The van der Waals surface area contributed by atoms with Crippen LogP contribution < -0.4 is 0 Å². The van der Waals surface area contributed by atoms with Crippen molar-refractivity contribution in [3.63, 3.8) is 0 Å². The monoisotopic (exact) mass is 278 g/mol. The maximum absolute atomic E-state index is 12.3. The van der Waals surface area contributed by atoms with E-state index >= 15 is 0 Å². The second-order valence-electron chi connectivity index (χ2n) is 5.12. The highest BCUT2D eigenvalue weighted by Crippen LogP contribution is 2.57. The average Bonchev–Trinajstić information content (AvgIpc) is 3.26. The molecule has 1 saturated heterocycles. The summed E-state index contributed by atoms with van der Waals surface area (Å²) < 4.78 is 5.78. The van der Waals surface area contributed by atoms with Crippen molar-refractivity contribution in [3.05, 3.63) is 76.8 Å². The van der Waals surface area contributed by atoms with E-state index in [0.29, 0.717) is 0 Å². The van der Waals surface area contributed by atoms with E-state index in [1.165, 1.54) is 0 Å². The summed E-state index contributed by atoms with van der Waals surface area (Å²) in [5, 5.41) is 0. The molecule has 1 aliphatic heterocycles. The molecule has 2 aromatic rings. The van der Waals surface area contributed by atoms with E-state index in [9.17, 15) is 4.79 Å². The zero-order valence-electron chi connectivity index (χ0n) is 11.6. The van der Waals surface area contributed by atoms with Crippen molar-refractivity contribution in [1.29, 1.82) is 0 Å². The predicted molar refractivity (Wildman–Crippen MR) is 77.8 cm³/mol. The van der Waals surface area contributed by atoms with Gasteiger partial charge in [0.15, 0.2) is 5.60 Å². The molecule has 0 N–H and O–H groups in total. The summed E-state index contributed by atoms with van der Waals surface area (Å²) in [5.74, 6) is -0.359. The quantitative estimate of drug-likeness (QED) is 0.373. The third kappa shape index (κ3) is 2.21. The summed E-state index contributed by atoms with van der Waals surface area (Å²) in [6, 6.07) is 17.2. The van der Waals surface area contributed by atoms with Gasteiger partial charge in [-0.25, -0.2) is 0 Å². The van der Waals surface area contributed by atoms with Gasteiger partial charge in [-0.05, 0) is 18.1 Å². The first-order valence-electron chi connectivity index (χ1n) is 6.70. The molecule has 0 unspecified atom stereocenters. The topological polar surface area (TPSA) is 66.0 Å². The van der Waals surface area contributed by atoms with Crippen LogP contribution in [0.3, 0.4) is 0 Å². The van der Waals surface area contributed by atoms with E-state index in [2.05, 4.69) is 4.79 Å². The van der Waals surface area contributed by atoms with Crippen LogP contribution in [0.5, 0.6) is 0 Å². The van der Waals surface area contributed by atoms with Crippen molar-refractivity contribution < 1.29 is 14.3 Å². The van der Waals surface area contributed by atoms with E-state index in [-0.39, 0.29) is 11.9 Å². The normalized spacial score (nSPS) is 23.2. The van der Waals surface area contributed by atoms with Crippen molar-refractivity contribution in [3.8, 4) is 0 Å². The van der Waals surface area contributed by atoms with Gasteiger partial charge in [0, 0.05) is 0 Å². The molecule has 2 aromatic carbocycles. The number of Topliss-reactive ketones (excluding diaryl/α,β-unsaturated/α-hetero) is 1. The van der Waals surface area contributed by atoms with Gasteiger partial charge in [-0.15, -0.1) is 0 Å². The first-order valence-corrected chi connectivity index (χ1v) is 6.70. The lowest BCUT2D eigenvalue weighted by molar-refractivity contribution is -0.121. The second kappa shape index (κ2) is 5.09. The molecule has 0 bridgehead atoms. The smallest absolute Gasteiger partial charge is 0.326 e. The van der Waals surface area contributed by atoms with Crippen LogP contribution in [-0.4, -0.2) is 16.8 Å². The maximum Gasteiger partial charge on any atom is 0.326 e. The molecule has 0 aliphatic carbocycles. The Balaban J connectivity index is 2.03. The fourth-order valence-electron chi connectivity index (χ4n) is 2.58. The highest BCUT2D eigenvalue weighted by molar-refractivity contribution is 6.30. The first kappa shape index (κ1) is 13.4. The molecular formula is C17H14N2O2. The van der Waals surface area contributed by atoms with Gasteiger partial charge in [0.1, 0.15) is 6.10 Å². The van der Waals surface area contributed by atoms with Gasteiger partial charge in [0.25, 0.3) is 5.78 Å². The molecule has 0 amide bonds. The Morgan fingerprint density at radius 1 is 1.19 bits per heavy atom. The van der Waals surface area contributed by atoms with Crippen molar-refractivity contribution >= 4 is 12.0 Å². The number of ether oxygens (including phenoxy) is 1. The minimum atomic E-state index is -1.08. The first-order chi connectivity index (χ1) is 10.2. The van der Waals surface area contributed by atoms with Gasteiger partial charge in [-0.2, -0.15) is 4.79 Å². The Morgan fingerprint density at radius 3 is 2.48 bits per heavy atom. The van der Waals surface area contributed by atoms with Gasteiger partial charge < -0.3 is 10.3 Å². The minimum Gasteiger partial charge on any atom is -0.361 e. The summed E-state index contributed by atoms with van der Waals surface area (Å²) in [4.78, 5) is 15.2. The Kier molecular flexibility index (Phi) is 3.26. The lowest BCUT2D eigenvalue weighted by Crippen LogP contribution is -2.24. The van der Waals surface area contributed by atoms with E-state index < -0.39 is 5.60 Å². The number of ketones is 1. The van der Waals surface area contributed by atoms with Crippen LogP contribution in [-0.2, 0) is 15.1 Å². The molecule has 0 aromatic heterocycles. The lowest BCUT2D eigenvalue weighted by atomic mass is 9.88. The molecule has 104 valence electrons. The van der Waals surface area contributed by atoms with E-state index in [4.69, 9.17) is 10.3 Å². The maximum atomic E-state index is 12.3. The van der Waals surface area contributed by atoms with Gasteiger partial charge in [-0.1, -0.05) is 60.2 Å². The Hall–Kier alpha value is -2.55. The highest BCUT2D eigenvalue weighted by Gasteiger charge is 2.64. The van der Waals surface area contributed by atoms with Crippen molar-refractivity contribution in [2.45, 2.75) is 18.6 Å². The number of epoxide rings is 1. The van der Waals surface area contributed by atoms with Crippen LogP contribution >= 0.6 is 0 Å². The Bertz CT molecular complexity index is 718. The summed E-state index contributed by atoms with van der Waals surface area (Å²) in [5.41, 5.74) is 10.4. The van der Waals surface area contributed by atoms with Crippen molar-refractivity contribution in [1.82, 2.24) is 0 Å². The number of hydrogen-bond donors (Lipinski definition) is 0.